The second-order valence-corrected chi connectivity index (χ2v) is 4.90. The monoisotopic (exact) mass is 257 g/mol. The predicted octanol–water partition coefficient (Wildman–Crippen LogP) is 3.62. The summed E-state index contributed by atoms with van der Waals surface area (Å²) in [4.78, 5) is 12.0. The Morgan fingerprint density at radius 1 is 1.06 bits per heavy atom. The smallest absolute Gasteiger partial charge is 0.232 e. The van der Waals surface area contributed by atoms with Crippen molar-refractivity contribution >= 4 is 23.2 Å². The zero-order valence-electron chi connectivity index (χ0n) is 9.69. The summed E-state index contributed by atoms with van der Waals surface area (Å²) in [6, 6.07) is 15.5. The third-order valence-corrected chi connectivity index (χ3v) is 3.52. The van der Waals surface area contributed by atoms with Gasteiger partial charge in [0, 0.05) is 10.7 Å². The topological polar surface area (TPSA) is 29.1 Å². The Kier molecular flexibility index (Phi) is 2.80. The van der Waals surface area contributed by atoms with Gasteiger partial charge in [0.2, 0.25) is 5.91 Å². The number of rotatable bonds is 2. The molecule has 0 saturated heterocycles. The summed E-state index contributed by atoms with van der Waals surface area (Å²) < 4.78 is 0. The van der Waals surface area contributed by atoms with Crippen molar-refractivity contribution in [2.75, 3.05) is 5.32 Å². The maximum absolute atomic E-state index is 12.0. The Labute approximate surface area is 111 Å². The molecule has 0 aromatic heterocycles. The number of carbonyl (C=O) groups is 1. The molecule has 0 aliphatic carbocycles. The highest BCUT2D eigenvalue weighted by Gasteiger charge is 2.29. The Bertz CT molecular complexity index is 592. The first-order valence-electron chi connectivity index (χ1n) is 5.88. The van der Waals surface area contributed by atoms with Crippen molar-refractivity contribution in [2.24, 2.45) is 0 Å². The Hall–Kier alpha value is -1.80. The van der Waals surface area contributed by atoms with Crippen molar-refractivity contribution in [1.82, 2.24) is 0 Å². The van der Waals surface area contributed by atoms with E-state index >= 15 is 0 Å². The van der Waals surface area contributed by atoms with Gasteiger partial charge in [0.15, 0.2) is 0 Å². The number of carbonyl (C=O) groups excluding carboxylic acids is 1. The van der Waals surface area contributed by atoms with Gasteiger partial charge < -0.3 is 5.32 Å². The number of hydrogen-bond donors (Lipinski definition) is 1. The molecule has 0 unspecified atom stereocenters. The molecule has 3 heteroatoms. The van der Waals surface area contributed by atoms with Crippen LogP contribution in [0.15, 0.2) is 48.5 Å². The van der Waals surface area contributed by atoms with Gasteiger partial charge in [-0.25, -0.2) is 0 Å². The average Bonchev–Trinajstić information content (AvgIpc) is 2.69. The van der Waals surface area contributed by atoms with Crippen LogP contribution in [0.25, 0.3) is 0 Å². The van der Waals surface area contributed by atoms with Crippen LogP contribution in [0, 0.1) is 0 Å². The van der Waals surface area contributed by atoms with E-state index in [-0.39, 0.29) is 11.8 Å². The number of halogens is 1. The van der Waals surface area contributed by atoms with Gasteiger partial charge in [-0.1, -0.05) is 41.9 Å². The number of anilines is 1. The highest BCUT2D eigenvalue weighted by Crippen LogP contribution is 2.34. The van der Waals surface area contributed by atoms with Gasteiger partial charge in [-0.2, -0.15) is 0 Å². The SMILES string of the molecule is O=C1Nc2ccccc2[C@@H]1Cc1ccc(Cl)cc1. The van der Waals surface area contributed by atoms with E-state index in [1.807, 2.05) is 48.5 Å². The predicted molar refractivity (Wildman–Crippen MR) is 73.0 cm³/mol. The Morgan fingerprint density at radius 2 is 1.78 bits per heavy atom. The first-order chi connectivity index (χ1) is 8.74. The van der Waals surface area contributed by atoms with Crippen molar-refractivity contribution in [3.63, 3.8) is 0 Å². The van der Waals surface area contributed by atoms with E-state index in [1.165, 1.54) is 0 Å². The van der Waals surface area contributed by atoms with Crippen molar-refractivity contribution in [3.8, 4) is 0 Å². The van der Waals surface area contributed by atoms with Gasteiger partial charge in [0.05, 0.1) is 5.92 Å². The number of benzene rings is 2. The van der Waals surface area contributed by atoms with E-state index in [9.17, 15) is 4.79 Å². The molecule has 3 rings (SSSR count). The van der Waals surface area contributed by atoms with E-state index in [4.69, 9.17) is 11.6 Å². The zero-order chi connectivity index (χ0) is 12.5. The molecule has 1 heterocycles. The maximum Gasteiger partial charge on any atom is 0.232 e. The van der Waals surface area contributed by atoms with Crippen molar-refractivity contribution in [1.29, 1.82) is 0 Å². The lowest BCUT2D eigenvalue weighted by molar-refractivity contribution is -0.117. The Morgan fingerprint density at radius 3 is 2.56 bits per heavy atom. The van der Waals surface area contributed by atoms with Gasteiger partial charge >= 0.3 is 0 Å². The van der Waals surface area contributed by atoms with Crippen LogP contribution in [0.3, 0.4) is 0 Å². The molecule has 0 radical (unpaired) electrons. The molecule has 1 aliphatic heterocycles. The van der Waals surface area contributed by atoms with Crippen LogP contribution in [0.5, 0.6) is 0 Å². The second kappa shape index (κ2) is 4.46. The number of para-hydroxylation sites is 1. The molecule has 1 atom stereocenters. The molecule has 2 aromatic carbocycles. The summed E-state index contributed by atoms with van der Waals surface area (Å²) in [5.74, 6) is -0.0199. The molecule has 1 N–H and O–H groups in total. The minimum Gasteiger partial charge on any atom is -0.325 e. The lowest BCUT2D eigenvalue weighted by Gasteiger charge is -2.08. The summed E-state index contributed by atoms with van der Waals surface area (Å²) in [7, 11) is 0. The van der Waals surface area contributed by atoms with Crippen LogP contribution in [0.1, 0.15) is 17.0 Å². The lowest BCUT2D eigenvalue weighted by atomic mass is 9.93. The van der Waals surface area contributed by atoms with Crippen LogP contribution in [-0.4, -0.2) is 5.91 Å². The van der Waals surface area contributed by atoms with Gasteiger partial charge in [0.1, 0.15) is 0 Å². The van der Waals surface area contributed by atoms with Crippen LogP contribution in [-0.2, 0) is 11.2 Å². The van der Waals surface area contributed by atoms with Crippen LogP contribution in [0.2, 0.25) is 5.02 Å². The third kappa shape index (κ3) is 2.00. The average molecular weight is 258 g/mol. The molecule has 1 amide bonds. The summed E-state index contributed by atoms with van der Waals surface area (Å²) in [5, 5.41) is 3.63. The second-order valence-electron chi connectivity index (χ2n) is 4.46. The van der Waals surface area contributed by atoms with Crippen LogP contribution < -0.4 is 5.32 Å². The van der Waals surface area contributed by atoms with Crippen LogP contribution >= 0.6 is 11.6 Å². The van der Waals surface area contributed by atoms with E-state index in [0.717, 1.165) is 21.8 Å². The minimum atomic E-state index is -0.0950. The molecule has 0 saturated carbocycles. The molecule has 90 valence electrons. The highest BCUT2D eigenvalue weighted by atomic mass is 35.5. The number of fused-ring (bicyclic) bond motifs is 1. The Balaban J connectivity index is 1.89. The van der Waals surface area contributed by atoms with Gasteiger partial charge in [0.25, 0.3) is 0 Å². The first-order valence-corrected chi connectivity index (χ1v) is 6.26. The van der Waals surface area contributed by atoms with E-state index in [2.05, 4.69) is 5.32 Å². The molecule has 2 nitrogen and oxygen atoms in total. The maximum atomic E-state index is 12.0. The van der Waals surface area contributed by atoms with Crippen molar-refractivity contribution < 1.29 is 4.79 Å². The molecule has 0 spiro atoms. The van der Waals surface area contributed by atoms with Crippen LogP contribution in [0.4, 0.5) is 5.69 Å². The third-order valence-electron chi connectivity index (χ3n) is 3.26. The fourth-order valence-electron chi connectivity index (χ4n) is 2.33. The summed E-state index contributed by atoms with van der Waals surface area (Å²) in [6.07, 6.45) is 0.708. The van der Waals surface area contributed by atoms with E-state index in [0.29, 0.717) is 6.42 Å². The lowest BCUT2D eigenvalue weighted by Crippen LogP contribution is -2.14. The van der Waals surface area contributed by atoms with E-state index in [1.54, 1.807) is 0 Å². The zero-order valence-corrected chi connectivity index (χ0v) is 10.4. The van der Waals surface area contributed by atoms with Crippen molar-refractivity contribution in [2.45, 2.75) is 12.3 Å². The standard InChI is InChI=1S/C15H12ClNO/c16-11-7-5-10(6-8-11)9-13-12-3-1-2-4-14(12)17-15(13)18/h1-8,13H,9H2,(H,17,18)/t13-/m0/s1. The molecule has 1 aliphatic rings. The normalized spacial score (nSPS) is 17.4. The summed E-state index contributed by atoms with van der Waals surface area (Å²) in [6.45, 7) is 0. The van der Waals surface area contributed by atoms with Gasteiger partial charge in [-0.3, -0.25) is 4.79 Å². The number of hydrogen-bond acceptors (Lipinski definition) is 1. The molecular weight excluding hydrogens is 246 g/mol. The fraction of sp³-hybridized carbons (Fsp3) is 0.133. The number of nitrogens with one attached hydrogen (secondary N) is 1. The van der Waals surface area contributed by atoms with E-state index < -0.39 is 0 Å². The van der Waals surface area contributed by atoms with Gasteiger partial charge in [-0.05, 0) is 35.7 Å². The molecular formula is C15H12ClNO. The molecule has 0 bridgehead atoms. The molecule has 18 heavy (non-hydrogen) atoms. The largest absolute Gasteiger partial charge is 0.325 e. The van der Waals surface area contributed by atoms with Crippen molar-refractivity contribution in [3.05, 3.63) is 64.7 Å². The summed E-state index contributed by atoms with van der Waals surface area (Å²) >= 11 is 5.86. The first kappa shape index (κ1) is 11.3. The van der Waals surface area contributed by atoms with Gasteiger partial charge in [-0.15, -0.1) is 0 Å². The highest BCUT2D eigenvalue weighted by molar-refractivity contribution is 6.30. The quantitative estimate of drug-likeness (QED) is 0.875. The minimum absolute atomic E-state index is 0.0751. The summed E-state index contributed by atoms with van der Waals surface area (Å²) in [5.41, 5.74) is 3.13. The fourth-order valence-corrected chi connectivity index (χ4v) is 2.46. The molecule has 0 fully saturated rings. The number of amides is 1. The molecule has 2 aromatic rings.